The van der Waals surface area contributed by atoms with Crippen molar-refractivity contribution in [3.05, 3.63) is 48.3 Å². The highest BCUT2D eigenvalue weighted by atomic mass is 16.3. The fraction of sp³-hybridized carbons (Fsp3) is 0.409. The molecule has 2 fully saturated rings. The van der Waals surface area contributed by atoms with E-state index in [0.29, 0.717) is 29.5 Å². The van der Waals surface area contributed by atoms with Crippen molar-refractivity contribution in [3.8, 4) is 23.0 Å². The van der Waals surface area contributed by atoms with Crippen molar-refractivity contribution in [2.75, 3.05) is 11.9 Å². The van der Waals surface area contributed by atoms with Crippen LogP contribution in [0.3, 0.4) is 0 Å². The van der Waals surface area contributed by atoms with Gasteiger partial charge in [0.1, 0.15) is 17.3 Å². The molecule has 1 aromatic carbocycles. The number of hydrogen-bond acceptors (Lipinski definition) is 6. The van der Waals surface area contributed by atoms with Gasteiger partial charge >= 0.3 is 0 Å². The zero-order valence-electron chi connectivity index (χ0n) is 16.5. The Morgan fingerprint density at radius 2 is 1.97 bits per heavy atom. The standard InChI is InChI=1S/C22H26N6O/c1-14-13-28(18-3-2-4-19(29)11-18)22(24-14)20-7-8-21(27-26-20)23-12-15-9-16-5-6-17(10-15)25-16/h2-4,7-8,11,13,15-17,25,29H,5-6,9-10,12H2,1H3,(H,23,27). The molecule has 3 N–H and O–H groups in total. The average Bonchev–Trinajstić information content (AvgIpc) is 3.28. The summed E-state index contributed by atoms with van der Waals surface area (Å²) in [4.78, 5) is 4.61. The van der Waals surface area contributed by atoms with E-state index in [2.05, 4.69) is 25.8 Å². The van der Waals surface area contributed by atoms with Gasteiger partial charge in [0.2, 0.25) is 0 Å². The summed E-state index contributed by atoms with van der Waals surface area (Å²) < 4.78 is 1.93. The van der Waals surface area contributed by atoms with Crippen LogP contribution < -0.4 is 10.6 Å². The number of phenols is 1. The Labute approximate surface area is 170 Å². The molecule has 2 unspecified atom stereocenters. The summed E-state index contributed by atoms with van der Waals surface area (Å²) in [5.41, 5.74) is 2.42. The second-order valence-corrected chi connectivity index (χ2v) is 8.26. The number of aryl methyl sites for hydroxylation is 1. The van der Waals surface area contributed by atoms with Crippen molar-refractivity contribution >= 4 is 5.82 Å². The number of aromatic nitrogens is 4. The Balaban J connectivity index is 1.30. The number of phenolic OH excluding ortho intramolecular Hbond substituents is 1. The average molecular weight is 390 g/mol. The molecule has 5 rings (SSSR count). The number of nitrogens with one attached hydrogen (secondary N) is 2. The van der Waals surface area contributed by atoms with E-state index in [0.717, 1.165) is 23.7 Å². The highest BCUT2D eigenvalue weighted by molar-refractivity contribution is 5.56. The van der Waals surface area contributed by atoms with E-state index in [-0.39, 0.29) is 5.75 Å². The normalized spacial score (nSPS) is 23.3. The van der Waals surface area contributed by atoms with Crippen molar-refractivity contribution in [3.63, 3.8) is 0 Å². The van der Waals surface area contributed by atoms with Gasteiger partial charge in [-0.3, -0.25) is 4.57 Å². The summed E-state index contributed by atoms with van der Waals surface area (Å²) in [6, 6.07) is 12.4. The van der Waals surface area contributed by atoms with Crippen molar-refractivity contribution < 1.29 is 5.11 Å². The number of anilines is 1. The highest BCUT2D eigenvalue weighted by Gasteiger charge is 2.33. The Kier molecular flexibility index (Phi) is 4.67. The fourth-order valence-electron chi connectivity index (χ4n) is 4.65. The van der Waals surface area contributed by atoms with Crippen LogP contribution in [0.25, 0.3) is 17.2 Å². The summed E-state index contributed by atoms with van der Waals surface area (Å²) in [7, 11) is 0. The van der Waals surface area contributed by atoms with E-state index >= 15 is 0 Å². The molecular weight excluding hydrogens is 364 g/mol. The maximum Gasteiger partial charge on any atom is 0.165 e. The molecule has 7 heteroatoms. The lowest BCUT2D eigenvalue weighted by atomic mass is 9.92. The van der Waals surface area contributed by atoms with E-state index in [1.54, 1.807) is 12.1 Å². The second-order valence-electron chi connectivity index (χ2n) is 8.26. The first-order chi connectivity index (χ1) is 14.1. The number of piperidine rings is 1. The van der Waals surface area contributed by atoms with Crippen LogP contribution in [-0.4, -0.2) is 43.5 Å². The smallest absolute Gasteiger partial charge is 0.165 e. The summed E-state index contributed by atoms with van der Waals surface area (Å²) in [5.74, 6) is 2.42. The van der Waals surface area contributed by atoms with Crippen LogP contribution in [0.2, 0.25) is 0 Å². The van der Waals surface area contributed by atoms with Gasteiger partial charge in [0.05, 0.1) is 11.4 Å². The maximum atomic E-state index is 9.81. The zero-order chi connectivity index (χ0) is 19.8. The number of benzene rings is 1. The molecule has 2 aliphatic heterocycles. The molecule has 2 atom stereocenters. The number of hydrogen-bond donors (Lipinski definition) is 3. The number of aromatic hydroxyl groups is 1. The molecule has 0 radical (unpaired) electrons. The van der Waals surface area contributed by atoms with Crippen molar-refractivity contribution in [1.82, 2.24) is 25.1 Å². The van der Waals surface area contributed by atoms with Crippen molar-refractivity contribution in [2.45, 2.75) is 44.7 Å². The topological polar surface area (TPSA) is 87.9 Å². The predicted molar refractivity (Wildman–Crippen MR) is 112 cm³/mol. The highest BCUT2D eigenvalue weighted by Crippen LogP contribution is 2.31. The minimum atomic E-state index is 0.219. The van der Waals surface area contributed by atoms with Gasteiger partial charge in [-0.2, -0.15) is 0 Å². The van der Waals surface area contributed by atoms with Gasteiger partial charge in [0, 0.05) is 30.9 Å². The molecular formula is C22H26N6O. The zero-order valence-corrected chi connectivity index (χ0v) is 16.5. The molecule has 2 aliphatic rings. The molecule has 7 nitrogen and oxygen atoms in total. The Morgan fingerprint density at radius 1 is 1.14 bits per heavy atom. The predicted octanol–water partition coefficient (Wildman–Crippen LogP) is 3.29. The van der Waals surface area contributed by atoms with Crippen LogP contribution >= 0.6 is 0 Å². The number of nitrogens with zero attached hydrogens (tertiary/aromatic N) is 4. The molecule has 3 aromatic rings. The number of imidazole rings is 1. The lowest BCUT2D eigenvalue weighted by Gasteiger charge is -2.29. The van der Waals surface area contributed by atoms with Gasteiger partial charge in [-0.05, 0) is 62.8 Å². The third-order valence-corrected chi connectivity index (χ3v) is 5.97. The second kappa shape index (κ2) is 7.48. The lowest BCUT2D eigenvalue weighted by Crippen LogP contribution is -2.40. The van der Waals surface area contributed by atoms with Gasteiger partial charge in [-0.1, -0.05) is 6.07 Å². The summed E-state index contributed by atoms with van der Waals surface area (Å²) in [6.07, 6.45) is 7.07. The quantitative estimate of drug-likeness (QED) is 0.620. The first-order valence-electron chi connectivity index (χ1n) is 10.3. The monoisotopic (exact) mass is 390 g/mol. The van der Waals surface area contributed by atoms with Gasteiger partial charge < -0.3 is 15.7 Å². The molecule has 0 spiro atoms. The third kappa shape index (κ3) is 3.82. The molecule has 2 aromatic heterocycles. The van der Waals surface area contributed by atoms with E-state index in [4.69, 9.17) is 0 Å². The summed E-state index contributed by atoms with van der Waals surface area (Å²) in [6.45, 7) is 2.89. The van der Waals surface area contributed by atoms with Crippen LogP contribution in [0.5, 0.6) is 5.75 Å². The summed E-state index contributed by atoms with van der Waals surface area (Å²) >= 11 is 0. The van der Waals surface area contributed by atoms with Crippen molar-refractivity contribution in [2.24, 2.45) is 5.92 Å². The Bertz CT molecular complexity index is 987. The van der Waals surface area contributed by atoms with Crippen LogP contribution in [0, 0.1) is 12.8 Å². The lowest BCUT2D eigenvalue weighted by molar-refractivity contribution is 0.311. The molecule has 0 saturated carbocycles. The van der Waals surface area contributed by atoms with Gasteiger partial charge in [0.25, 0.3) is 0 Å². The Hall–Kier alpha value is -2.93. The van der Waals surface area contributed by atoms with Gasteiger partial charge in [-0.15, -0.1) is 10.2 Å². The number of fused-ring (bicyclic) bond motifs is 2. The molecule has 2 saturated heterocycles. The summed E-state index contributed by atoms with van der Waals surface area (Å²) in [5, 5.41) is 25.7. The van der Waals surface area contributed by atoms with Gasteiger partial charge in [0.15, 0.2) is 5.82 Å². The SMILES string of the molecule is Cc1cn(-c2cccc(O)c2)c(-c2ccc(NCC3CC4CCC(C3)N4)nn2)n1. The molecule has 4 heterocycles. The van der Waals surface area contributed by atoms with E-state index in [1.807, 2.05) is 42.0 Å². The van der Waals surface area contributed by atoms with Crippen LogP contribution in [0.15, 0.2) is 42.6 Å². The largest absolute Gasteiger partial charge is 0.508 e. The first kappa shape index (κ1) is 18.1. The minimum Gasteiger partial charge on any atom is -0.508 e. The molecule has 0 amide bonds. The van der Waals surface area contributed by atoms with Crippen LogP contribution in [-0.2, 0) is 0 Å². The molecule has 2 bridgehead atoms. The first-order valence-corrected chi connectivity index (χ1v) is 10.3. The fourth-order valence-corrected chi connectivity index (χ4v) is 4.65. The van der Waals surface area contributed by atoms with Crippen LogP contribution in [0.4, 0.5) is 5.82 Å². The molecule has 0 aliphatic carbocycles. The van der Waals surface area contributed by atoms with Gasteiger partial charge in [-0.25, -0.2) is 4.98 Å². The number of rotatable bonds is 5. The van der Waals surface area contributed by atoms with Crippen molar-refractivity contribution in [1.29, 1.82) is 0 Å². The van der Waals surface area contributed by atoms with E-state index in [1.165, 1.54) is 25.7 Å². The van der Waals surface area contributed by atoms with E-state index in [9.17, 15) is 5.11 Å². The van der Waals surface area contributed by atoms with E-state index < -0.39 is 0 Å². The Morgan fingerprint density at radius 3 is 2.69 bits per heavy atom. The third-order valence-electron chi connectivity index (χ3n) is 5.97. The van der Waals surface area contributed by atoms with Crippen LogP contribution in [0.1, 0.15) is 31.4 Å². The minimum absolute atomic E-state index is 0.219. The maximum absolute atomic E-state index is 9.81. The molecule has 29 heavy (non-hydrogen) atoms. The molecule has 150 valence electrons.